The second kappa shape index (κ2) is 7.25. The van der Waals surface area contributed by atoms with Crippen LogP contribution in [0.15, 0.2) is 48.7 Å². The second-order valence-electron chi connectivity index (χ2n) is 6.17. The molecule has 1 N–H and O–H groups in total. The number of amides is 1. The van der Waals surface area contributed by atoms with Crippen molar-refractivity contribution in [2.45, 2.75) is 13.0 Å². The molecule has 1 atom stereocenters. The molecule has 1 aliphatic rings. The number of benzene rings is 1. The molecule has 3 heterocycles. The summed E-state index contributed by atoms with van der Waals surface area (Å²) in [7, 11) is 0. The fraction of sp³-hybridized carbons (Fsp3) is 0.263. The third-order valence-electron chi connectivity index (χ3n) is 4.67. The van der Waals surface area contributed by atoms with Crippen molar-refractivity contribution in [3.8, 4) is 11.3 Å². The molecule has 2 aromatic heterocycles. The van der Waals surface area contributed by atoms with Crippen LogP contribution < -0.4 is 5.32 Å². The standard InChI is InChI=1S/C19H20N4O.ClH/c1-14-19(15-5-3-2-4-6-15)23-12-16(7-8-18(23)21-14)17-11-20-9-10-22(17)13-24;/h2-8,12-13,17,20H,9-11H2,1H3;1H. The minimum absolute atomic E-state index is 0. The van der Waals surface area contributed by atoms with Crippen LogP contribution in [0.5, 0.6) is 0 Å². The molecule has 6 heteroatoms. The van der Waals surface area contributed by atoms with Gasteiger partial charge in [-0.05, 0) is 18.6 Å². The highest BCUT2D eigenvalue weighted by Gasteiger charge is 2.23. The molecule has 1 aromatic carbocycles. The van der Waals surface area contributed by atoms with Crippen molar-refractivity contribution in [2.75, 3.05) is 19.6 Å². The predicted molar refractivity (Wildman–Crippen MR) is 101 cm³/mol. The molecule has 0 saturated carbocycles. The van der Waals surface area contributed by atoms with E-state index in [1.807, 2.05) is 36.1 Å². The van der Waals surface area contributed by atoms with E-state index in [0.29, 0.717) is 0 Å². The summed E-state index contributed by atoms with van der Waals surface area (Å²) in [6.45, 7) is 4.39. The van der Waals surface area contributed by atoms with E-state index in [4.69, 9.17) is 0 Å². The number of nitrogens with zero attached hydrogens (tertiary/aromatic N) is 3. The fourth-order valence-electron chi connectivity index (χ4n) is 3.48. The van der Waals surface area contributed by atoms with Gasteiger partial charge in [0.1, 0.15) is 5.65 Å². The van der Waals surface area contributed by atoms with Gasteiger partial charge >= 0.3 is 0 Å². The van der Waals surface area contributed by atoms with Crippen LogP contribution in [0.1, 0.15) is 17.3 Å². The number of piperazine rings is 1. The lowest BCUT2D eigenvalue weighted by Gasteiger charge is -2.33. The molecule has 1 fully saturated rings. The van der Waals surface area contributed by atoms with E-state index in [1.165, 1.54) is 0 Å². The summed E-state index contributed by atoms with van der Waals surface area (Å²) < 4.78 is 2.14. The number of fused-ring (bicyclic) bond motifs is 1. The minimum atomic E-state index is 0. The zero-order valence-corrected chi connectivity index (χ0v) is 14.9. The summed E-state index contributed by atoms with van der Waals surface area (Å²) in [5, 5.41) is 3.37. The fourth-order valence-corrected chi connectivity index (χ4v) is 3.48. The molecule has 0 bridgehead atoms. The molecular formula is C19H21ClN4O. The molecular weight excluding hydrogens is 336 g/mol. The summed E-state index contributed by atoms with van der Waals surface area (Å²) in [5.74, 6) is 0. The Balaban J connectivity index is 0.00000182. The van der Waals surface area contributed by atoms with Gasteiger partial charge in [-0.2, -0.15) is 0 Å². The van der Waals surface area contributed by atoms with Crippen molar-refractivity contribution < 1.29 is 4.79 Å². The van der Waals surface area contributed by atoms with E-state index in [9.17, 15) is 4.79 Å². The number of carbonyl (C=O) groups excluding carboxylic acids is 1. The van der Waals surface area contributed by atoms with Crippen LogP contribution in [0.2, 0.25) is 0 Å². The Hall–Kier alpha value is -2.37. The molecule has 1 saturated heterocycles. The molecule has 3 aromatic rings. The molecule has 25 heavy (non-hydrogen) atoms. The highest BCUT2D eigenvalue weighted by Crippen LogP contribution is 2.27. The Labute approximate surface area is 153 Å². The van der Waals surface area contributed by atoms with Crippen molar-refractivity contribution >= 4 is 24.5 Å². The lowest BCUT2D eigenvalue weighted by atomic mass is 10.1. The molecule has 1 unspecified atom stereocenters. The molecule has 0 radical (unpaired) electrons. The number of carbonyl (C=O) groups is 1. The number of pyridine rings is 1. The number of aromatic nitrogens is 2. The third kappa shape index (κ3) is 3.13. The first-order chi connectivity index (χ1) is 11.8. The van der Waals surface area contributed by atoms with Gasteiger partial charge < -0.3 is 10.2 Å². The van der Waals surface area contributed by atoms with E-state index in [0.717, 1.165) is 54.2 Å². The summed E-state index contributed by atoms with van der Waals surface area (Å²) in [6, 6.07) is 14.5. The summed E-state index contributed by atoms with van der Waals surface area (Å²) >= 11 is 0. The molecule has 1 amide bonds. The van der Waals surface area contributed by atoms with Gasteiger partial charge in [0, 0.05) is 31.4 Å². The van der Waals surface area contributed by atoms with Crippen LogP contribution in [0.4, 0.5) is 0 Å². The van der Waals surface area contributed by atoms with Gasteiger partial charge in [0.15, 0.2) is 0 Å². The third-order valence-corrected chi connectivity index (χ3v) is 4.67. The summed E-state index contributed by atoms with van der Waals surface area (Å²) in [5.41, 5.74) is 5.31. The Morgan fingerprint density at radius 1 is 1.20 bits per heavy atom. The van der Waals surface area contributed by atoms with Crippen LogP contribution in [-0.4, -0.2) is 40.3 Å². The quantitative estimate of drug-likeness (QED) is 0.734. The lowest BCUT2D eigenvalue weighted by Crippen LogP contribution is -2.45. The average molecular weight is 357 g/mol. The molecule has 1 aliphatic heterocycles. The maximum atomic E-state index is 11.4. The van der Waals surface area contributed by atoms with Crippen LogP contribution in [0, 0.1) is 6.92 Å². The first-order valence-electron chi connectivity index (χ1n) is 8.24. The number of imidazole rings is 1. The molecule has 4 rings (SSSR count). The smallest absolute Gasteiger partial charge is 0.210 e. The molecule has 130 valence electrons. The van der Waals surface area contributed by atoms with E-state index >= 15 is 0 Å². The van der Waals surface area contributed by atoms with Gasteiger partial charge in [-0.3, -0.25) is 9.20 Å². The largest absolute Gasteiger partial charge is 0.336 e. The Morgan fingerprint density at radius 3 is 2.76 bits per heavy atom. The zero-order chi connectivity index (χ0) is 16.5. The van der Waals surface area contributed by atoms with Gasteiger partial charge in [0.25, 0.3) is 0 Å². The van der Waals surface area contributed by atoms with Gasteiger partial charge in [0.2, 0.25) is 6.41 Å². The van der Waals surface area contributed by atoms with Crippen molar-refractivity contribution in [2.24, 2.45) is 0 Å². The van der Waals surface area contributed by atoms with Gasteiger partial charge in [-0.15, -0.1) is 12.4 Å². The van der Waals surface area contributed by atoms with Gasteiger partial charge in [-0.1, -0.05) is 36.4 Å². The van der Waals surface area contributed by atoms with Crippen LogP contribution in [0.25, 0.3) is 16.9 Å². The van der Waals surface area contributed by atoms with Crippen LogP contribution in [0.3, 0.4) is 0 Å². The predicted octanol–water partition coefficient (Wildman–Crippen LogP) is 2.83. The Morgan fingerprint density at radius 2 is 2.00 bits per heavy atom. The lowest BCUT2D eigenvalue weighted by molar-refractivity contribution is -0.121. The normalized spacial score (nSPS) is 17.3. The van der Waals surface area contributed by atoms with Crippen molar-refractivity contribution in [3.05, 3.63) is 59.9 Å². The SMILES string of the molecule is Cc1nc2ccc(C3CNCCN3C=O)cn2c1-c1ccccc1.Cl. The first kappa shape index (κ1) is 17.5. The Kier molecular flexibility index (Phi) is 5.06. The minimum Gasteiger partial charge on any atom is -0.336 e. The maximum Gasteiger partial charge on any atom is 0.210 e. The topological polar surface area (TPSA) is 49.6 Å². The number of aryl methyl sites for hydroxylation is 1. The number of rotatable bonds is 3. The second-order valence-corrected chi connectivity index (χ2v) is 6.17. The number of halogens is 1. The zero-order valence-electron chi connectivity index (χ0n) is 14.1. The molecule has 0 aliphatic carbocycles. The van der Waals surface area contributed by atoms with E-state index in [-0.39, 0.29) is 18.4 Å². The number of hydrogen-bond donors (Lipinski definition) is 1. The van der Waals surface area contributed by atoms with Gasteiger partial charge in [0.05, 0.1) is 17.4 Å². The Bertz CT molecular complexity index is 878. The van der Waals surface area contributed by atoms with Crippen LogP contribution in [-0.2, 0) is 4.79 Å². The number of nitrogens with one attached hydrogen (secondary N) is 1. The monoisotopic (exact) mass is 356 g/mol. The molecule has 0 spiro atoms. The summed E-state index contributed by atoms with van der Waals surface area (Å²) in [6.07, 6.45) is 3.07. The van der Waals surface area contributed by atoms with Gasteiger partial charge in [-0.25, -0.2) is 4.98 Å². The first-order valence-corrected chi connectivity index (χ1v) is 8.24. The molecule has 5 nitrogen and oxygen atoms in total. The van der Waals surface area contributed by atoms with Crippen LogP contribution >= 0.6 is 12.4 Å². The van der Waals surface area contributed by atoms with E-state index < -0.39 is 0 Å². The highest BCUT2D eigenvalue weighted by molar-refractivity contribution is 5.85. The van der Waals surface area contributed by atoms with Crippen molar-refractivity contribution in [1.29, 1.82) is 0 Å². The number of hydrogen-bond acceptors (Lipinski definition) is 3. The van der Waals surface area contributed by atoms with E-state index in [1.54, 1.807) is 0 Å². The van der Waals surface area contributed by atoms with Crippen molar-refractivity contribution in [1.82, 2.24) is 19.6 Å². The van der Waals surface area contributed by atoms with E-state index in [2.05, 4.69) is 39.1 Å². The summed E-state index contributed by atoms with van der Waals surface area (Å²) in [4.78, 5) is 17.9. The maximum absolute atomic E-state index is 11.4. The van der Waals surface area contributed by atoms with Crippen molar-refractivity contribution in [3.63, 3.8) is 0 Å². The average Bonchev–Trinajstić information content (AvgIpc) is 2.97. The highest BCUT2D eigenvalue weighted by atomic mass is 35.5.